The summed E-state index contributed by atoms with van der Waals surface area (Å²) in [4.78, 5) is 0. The van der Waals surface area contributed by atoms with Crippen LogP contribution < -0.4 is 5.73 Å². The van der Waals surface area contributed by atoms with Crippen LogP contribution in [0, 0.1) is 11.6 Å². The molecule has 0 spiro atoms. The maximum atomic E-state index is 14.2. The molecular weight excluding hydrogens is 332 g/mol. The van der Waals surface area contributed by atoms with E-state index in [9.17, 15) is 8.78 Å². The summed E-state index contributed by atoms with van der Waals surface area (Å²) in [5.41, 5.74) is 7.03. The molecule has 0 amide bonds. The van der Waals surface area contributed by atoms with E-state index in [2.05, 4.69) is 0 Å². The lowest BCUT2D eigenvalue weighted by Gasteiger charge is -2.40. The van der Waals surface area contributed by atoms with Crippen molar-refractivity contribution in [3.63, 3.8) is 0 Å². The Hall–Kier alpha value is -2.04. The molecule has 0 aromatic heterocycles. The molecule has 4 heteroatoms. The molecule has 26 heavy (non-hydrogen) atoms. The molecule has 0 bridgehead atoms. The third-order valence-electron chi connectivity index (χ3n) is 5.32. The lowest BCUT2D eigenvalue weighted by atomic mass is 9.68. The van der Waals surface area contributed by atoms with Crippen LogP contribution in [0.4, 0.5) is 8.78 Å². The fraction of sp³-hybridized carbons (Fsp3) is 0.364. The number of nitrogens with two attached hydrogens (primary N) is 1. The monoisotopic (exact) mass is 357 g/mol. The second-order valence-corrected chi connectivity index (χ2v) is 6.95. The highest BCUT2D eigenvalue weighted by Gasteiger charge is 2.38. The van der Waals surface area contributed by atoms with Crippen LogP contribution in [0.1, 0.15) is 36.8 Å². The summed E-state index contributed by atoms with van der Waals surface area (Å²) in [5, 5.41) is 0. The van der Waals surface area contributed by atoms with Crippen molar-refractivity contribution in [3.05, 3.63) is 77.4 Å². The molecule has 138 valence electrons. The highest BCUT2D eigenvalue weighted by Crippen LogP contribution is 2.40. The predicted octanol–water partition coefficient (Wildman–Crippen LogP) is 4.83. The summed E-state index contributed by atoms with van der Waals surface area (Å²) in [6, 6.07) is 13.7. The van der Waals surface area contributed by atoms with Gasteiger partial charge in [-0.3, -0.25) is 0 Å². The first kappa shape index (κ1) is 18.7. The Bertz CT molecular complexity index is 737. The number of halogens is 2. The van der Waals surface area contributed by atoms with E-state index in [0.29, 0.717) is 31.6 Å². The molecule has 2 aromatic carbocycles. The molecule has 0 saturated heterocycles. The predicted molar refractivity (Wildman–Crippen MR) is 101 cm³/mol. The first-order valence-corrected chi connectivity index (χ1v) is 9.12. The quantitative estimate of drug-likeness (QED) is 0.803. The fourth-order valence-electron chi connectivity index (χ4n) is 3.74. The van der Waals surface area contributed by atoms with Crippen LogP contribution in [0.15, 0.2) is 54.6 Å². The summed E-state index contributed by atoms with van der Waals surface area (Å²) in [5.74, 6) is -0.791. The van der Waals surface area contributed by atoms with Gasteiger partial charge in [0.25, 0.3) is 0 Å². The largest absolute Gasteiger partial charge is 0.374 e. The molecule has 2 N–H and O–H groups in total. The molecule has 3 rings (SSSR count). The summed E-state index contributed by atoms with van der Waals surface area (Å²) in [6.07, 6.45) is 7.18. The number of benzene rings is 2. The van der Waals surface area contributed by atoms with E-state index >= 15 is 0 Å². The summed E-state index contributed by atoms with van der Waals surface area (Å²) in [7, 11) is 0. The topological polar surface area (TPSA) is 35.2 Å². The third-order valence-corrected chi connectivity index (χ3v) is 5.32. The van der Waals surface area contributed by atoms with Gasteiger partial charge in [0.2, 0.25) is 0 Å². The van der Waals surface area contributed by atoms with Crippen molar-refractivity contribution in [2.45, 2.75) is 37.2 Å². The van der Waals surface area contributed by atoms with Gasteiger partial charge >= 0.3 is 0 Å². The smallest absolute Gasteiger partial charge is 0.127 e. The van der Waals surface area contributed by atoms with Crippen molar-refractivity contribution >= 4 is 6.08 Å². The lowest BCUT2D eigenvalue weighted by Crippen LogP contribution is -2.41. The summed E-state index contributed by atoms with van der Waals surface area (Å²) in [6.45, 7) is 0.859. The van der Waals surface area contributed by atoms with Gasteiger partial charge in [0.05, 0.1) is 12.7 Å². The van der Waals surface area contributed by atoms with Gasteiger partial charge in [-0.1, -0.05) is 42.5 Å². The van der Waals surface area contributed by atoms with Crippen molar-refractivity contribution in [2.24, 2.45) is 5.73 Å². The Kier molecular flexibility index (Phi) is 6.17. The lowest BCUT2D eigenvalue weighted by molar-refractivity contribution is 0.0284. The molecule has 0 radical (unpaired) electrons. The molecule has 0 atom stereocenters. The highest BCUT2D eigenvalue weighted by molar-refractivity contribution is 5.48. The van der Waals surface area contributed by atoms with Gasteiger partial charge in [0.15, 0.2) is 0 Å². The molecule has 0 aliphatic heterocycles. The van der Waals surface area contributed by atoms with Gasteiger partial charge in [0.1, 0.15) is 11.6 Å². The van der Waals surface area contributed by atoms with Gasteiger partial charge in [-0.15, -0.1) is 0 Å². The number of hydrogen-bond donors (Lipinski definition) is 1. The standard InChI is InChI=1S/C22H25F2NO/c23-18-8-9-21(24)20(15-18)22(16-25)12-10-19(11-13-22)26-14-4-7-17-5-2-1-3-6-17/h1-9,15,19H,10-14,16,25H2/b7-4+. The normalized spacial score (nSPS) is 23.4. The molecule has 1 saturated carbocycles. The molecule has 2 nitrogen and oxygen atoms in total. The third kappa shape index (κ3) is 4.37. The fourth-order valence-corrected chi connectivity index (χ4v) is 3.74. The Morgan fingerprint density at radius 3 is 2.50 bits per heavy atom. The molecular formula is C22H25F2NO. The molecule has 1 aliphatic rings. The van der Waals surface area contributed by atoms with Gasteiger partial charge in [-0.05, 0) is 55.0 Å². The maximum absolute atomic E-state index is 14.2. The van der Waals surface area contributed by atoms with E-state index in [1.165, 1.54) is 12.1 Å². The molecule has 1 fully saturated rings. The Morgan fingerprint density at radius 2 is 1.81 bits per heavy atom. The van der Waals surface area contributed by atoms with Crippen molar-refractivity contribution in [2.75, 3.05) is 13.2 Å². The Morgan fingerprint density at radius 1 is 1.08 bits per heavy atom. The molecule has 1 aliphatic carbocycles. The van der Waals surface area contributed by atoms with Gasteiger partial charge in [-0.25, -0.2) is 8.78 Å². The van der Waals surface area contributed by atoms with Crippen molar-refractivity contribution in [1.29, 1.82) is 0 Å². The van der Waals surface area contributed by atoms with Crippen LogP contribution in [-0.4, -0.2) is 19.3 Å². The van der Waals surface area contributed by atoms with Crippen molar-refractivity contribution in [3.8, 4) is 0 Å². The zero-order chi connectivity index (χ0) is 18.4. The van der Waals surface area contributed by atoms with Crippen molar-refractivity contribution < 1.29 is 13.5 Å². The van der Waals surface area contributed by atoms with Crippen molar-refractivity contribution in [1.82, 2.24) is 0 Å². The van der Waals surface area contributed by atoms with Crippen LogP contribution in [0.2, 0.25) is 0 Å². The van der Waals surface area contributed by atoms with Crippen LogP contribution in [0.5, 0.6) is 0 Å². The molecule has 0 heterocycles. The SMILES string of the molecule is NCC1(c2cc(F)ccc2F)CCC(OC/C=C/c2ccccc2)CC1. The number of hydrogen-bond acceptors (Lipinski definition) is 2. The summed E-state index contributed by atoms with van der Waals surface area (Å²) < 4.78 is 33.8. The van der Waals surface area contributed by atoms with E-state index in [4.69, 9.17) is 10.5 Å². The Balaban J connectivity index is 1.56. The van der Waals surface area contributed by atoms with E-state index in [-0.39, 0.29) is 11.9 Å². The maximum Gasteiger partial charge on any atom is 0.127 e. The Labute approximate surface area is 153 Å². The van der Waals surface area contributed by atoms with Crippen LogP contribution >= 0.6 is 0 Å². The molecule has 2 aromatic rings. The summed E-state index contributed by atoms with van der Waals surface area (Å²) >= 11 is 0. The zero-order valence-corrected chi connectivity index (χ0v) is 14.8. The van der Waals surface area contributed by atoms with E-state index in [0.717, 1.165) is 24.5 Å². The minimum absolute atomic E-state index is 0.131. The van der Waals surface area contributed by atoms with Gasteiger partial charge in [0, 0.05) is 12.0 Å². The highest BCUT2D eigenvalue weighted by atomic mass is 19.1. The average molecular weight is 357 g/mol. The zero-order valence-electron chi connectivity index (χ0n) is 14.8. The van der Waals surface area contributed by atoms with Gasteiger partial charge in [-0.2, -0.15) is 0 Å². The van der Waals surface area contributed by atoms with Crippen LogP contribution in [0.3, 0.4) is 0 Å². The van der Waals surface area contributed by atoms with Gasteiger partial charge < -0.3 is 10.5 Å². The first-order chi connectivity index (χ1) is 12.6. The first-order valence-electron chi connectivity index (χ1n) is 9.12. The van der Waals surface area contributed by atoms with E-state index in [1.54, 1.807) is 0 Å². The van der Waals surface area contributed by atoms with E-state index < -0.39 is 11.2 Å². The van der Waals surface area contributed by atoms with E-state index in [1.807, 2.05) is 42.5 Å². The minimum atomic E-state index is -0.494. The minimum Gasteiger partial charge on any atom is -0.374 e. The second-order valence-electron chi connectivity index (χ2n) is 6.95. The van der Waals surface area contributed by atoms with Crippen LogP contribution in [0.25, 0.3) is 6.08 Å². The second kappa shape index (κ2) is 8.56. The number of rotatable bonds is 6. The molecule has 0 unspecified atom stereocenters. The average Bonchev–Trinajstić information content (AvgIpc) is 2.68. The number of ether oxygens (including phenoxy) is 1. The van der Waals surface area contributed by atoms with Crippen LogP contribution in [-0.2, 0) is 10.2 Å².